The molecule has 7 heteroatoms. The van der Waals surface area contributed by atoms with Gasteiger partial charge in [0.05, 0.1) is 15.6 Å². The van der Waals surface area contributed by atoms with Gasteiger partial charge in [-0.3, -0.25) is 0 Å². The standard InChI is InChI=1S/C9H14Cl2N4O/c1-9(2,16)4-13-7-5(10)3-6(11)8(14-7)15-12/h3,16H,4,12H2,1-2H3,(H2,13,14,15). The monoisotopic (exact) mass is 264 g/mol. The predicted molar refractivity (Wildman–Crippen MR) is 66.9 cm³/mol. The fraction of sp³-hybridized carbons (Fsp3) is 0.444. The van der Waals surface area contributed by atoms with Crippen molar-refractivity contribution >= 4 is 34.8 Å². The van der Waals surface area contributed by atoms with E-state index >= 15 is 0 Å². The van der Waals surface area contributed by atoms with E-state index in [1.807, 2.05) is 0 Å². The van der Waals surface area contributed by atoms with Crippen LogP contribution < -0.4 is 16.6 Å². The number of rotatable bonds is 4. The average Bonchev–Trinajstić information content (AvgIpc) is 2.15. The highest BCUT2D eigenvalue weighted by atomic mass is 35.5. The van der Waals surface area contributed by atoms with Crippen molar-refractivity contribution in [2.45, 2.75) is 19.4 Å². The number of aliphatic hydroxyl groups is 1. The molecule has 0 amide bonds. The molecule has 16 heavy (non-hydrogen) atoms. The molecule has 1 heterocycles. The number of hydrazine groups is 1. The highest BCUT2D eigenvalue weighted by molar-refractivity contribution is 6.37. The van der Waals surface area contributed by atoms with Gasteiger partial charge in [0.25, 0.3) is 0 Å². The van der Waals surface area contributed by atoms with Gasteiger partial charge in [-0.05, 0) is 19.9 Å². The summed E-state index contributed by atoms with van der Waals surface area (Å²) in [7, 11) is 0. The lowest BCUT2D eigenvalue weighted by atomic mass is 10.1. The van der Waals surface area contributed by atoms with Gasteiger partial charge in [-0.1, -0.05) is 23.2 Å². The predicted octanol–water partition coefficient (Wildman–Crippen LogP) is 1.86. The Bertz CT molecular complexity index is 379. The van der Waals surface area contributed by atoms with Crippen LogP contribution in [0.25, 0.3) is 0 Å². The first kappa shape index (κ1) is 13.3. The third kappa shape index (κ3) is 3.68. The maximum atomic E-state index is 9.55. The van der Waals surface area contributed by atoms with Gasteiger partial charge in [0.1, 0.15) is 5.82 Å². The van der Waals surface area contributed by atoms with Crippen molar-refractivity contribution < 1.29 is 5.11 Å². The SMILES string of the molecule is CC(C)(O)CNc1nc(NN)c(Cl)cc1Cl. The van der Waals surface area contributed by atoms with Gasteiger partial charge in [0.15, 0.2) is 5.82 Å². The number of nitrogen functional groups attached to an aromatic ring is 1. The zero-order valence-corrected chi connectivity index (χ0v) is 10.5. The summed E-state index contributed by atoms with van der Waals surface area (Å²) in [6.07, 6.45) is 0. The van der Waals surface area contributed by atoms with Crippen LogP contribution in [0.15, 0.2) is 6.07 Å². The molecule has 0 fully saturated rings. The first-order chi connectivity index (χ1) is 7.33. The Labute approximate surface area is 104 Å². The molecule has 1 rings (SSSR count). The number of aromatic nitrogens is 1. The minimum absolute atomic E-state index is 0.311. The van der Waals surface area contributed by atoms with Crippen LogP contribution in [0.1, 0.15) is 13.8 Å². The minimum Gasteiger partial charge on any atom is -0.389 e. The molecule has 0 saturated heterocycles. The van der Waals surface area contributed by atoms with E-state index in [2.05, 4.69) is 15.7 Å². The molecule has 0 aromatic carbocycles. The van der Waals surface area contributed by atoms with Gasteiger partial charge >= 0.3 is 0 Å². The largest absolute Gasteiger partial charge is 0.389 e. The van der Waals surface area contributed by atoms with E-state index in [1.54, 1.807) is 13.8 Å². The van der Waals surface area contributed by atoms with Crippen LogP contribution in [0.5, 0.6) is 0 Å². The second kappa shape index (κ2) is 5.05. The molecule has 0 aliphatic carbocycles. The highest BCUT2D eigenvalue weighted by Gasteiger charge is 2.14. The normalized spacial score (nSPS) is 11.4. The number of hydrogen-bond acceptors (Lipinski definition) is 5. The quantitative estimate of drug-likeness (QED) is 0.493. The van der Waals surface area contributed by atoms with Crippen LogP contribution in [0.3, 0.4) is 0 Å². The van der Waals surface area contributed by atoms with Crippen LogP contribution in [0, 0.1) is 0 Å². The Hall–Kier alpha value is -0.750. The van der Waals surface area contributed by atoms with Crippen molar-refractivity contribution in [2.24, 2.45) is 5.84 Å². The number of hydrogen-bond donors (Lipinski definition) is 4. The lowest BCUT2D eigenvalue weighted by molar-refractivity contribution is 0.0944. The van der Waals surface area contributed by atoms with Crippen LogP contribution in [0.4, 0.5) is 11.6 Å². The summed E-state index contributed by atoms with van der Waals surface area (Å²) >= 11 is 11.8. The van der Waals surface area contributed by atoms with E-state index in [1.165, 1.54) is 6.07 Å². The number of nitrogens with two attached hydrogens (primary N) is 1. The molecule has 0 atom stereocenters. The second-order valence-corrected chi connectivity index (χ2v) is 4.77. The molecule has 5 nitrogen and oxygen atoms in total. The molecule has 0 aliphatic rings. The van der Waals surface area contributed by atoms with E-state index in [-0.39, 0.29) is 0 Å². The summed E-state index contributed by atoms with van der Waals surface area (Å²) in [6, 6.07) is 1.53. The summed E-state index contributed by atoms with van der Waals surface area (Å²) in [5.74, 6) is 5.98. The maximum Gasteiger partial charge on any atom is 0.161 e. The van der Waals surface area contributed by atoms with Crippen molar-refractivity contribution in [1.29, 1.82) is 0 Å². The van der Waals surface area contributed by atoms with E-state index in [0.29, 0.717) is 28.2 Å². The number of anilines is 2. The maximum absolute atomic E-state index is 9.55. The number of nitrogens with one attached hydrogen (secondary N) is 2. The molecule has 0 unspecified atom stereocenters. The first-order valence-electron chi connectivity index (χ1n) is 4.62. The van der Waals surface area contributed by atoms with Crippen LogP contribution in [-0.4, -0.2) is 22.2 Å². The van der Waals surface area contributed by atoms with Crippen molar-refractivity contribution in [3.05, 3.63) is 16.1 Å². The smallest absolute Gasteiger partial charge is 0.161 e. The van der Waals surface area contributed by atoms with Gasteiger partial charge in [0, 0.05) is 6.54 Å². The van der Waals surface area contributed by atoms with E-state index in [4.69, 9.17) is 29.0 Å². The third-order valence-corrected chi connectivity index (χ3v) is 2.33. The fourth-order valence-corrected chi connectivity index (χ4v) is 1.47. The van der Waals surface area contributed by atoms with Gasteiger partial charge in [-0.2, -0.15) is 0 Å². The molecule has 0 aliphatic heterocycles. The molecule has 0 radical (unpaired) electrons. The van der Waals surface area contributed by atoms with Crippen molar-refractivity contribution in [1.82, 2.24) is 4.98 Å². The Morgan fingerprint density at radius 1 is 1.38 bits per heavy atom. The molecule has 1 aromatic heterocycles. The van der Waals surface area contributed by atoms with Gasteiger partial charge in [-0.25, -0.2) is 10.8 Å². The van der Waals surface area contributed by atoms with Crippen LogP contribution in [0.2, 0.25) is 10.0 Å². The van der Waals surface area contributed by atoms with Gasteiger partial charge in [0.2, 0.25) is 0 Å². The third-order valence-electron chi connectivity index (χ3n) is 1.75. The second-order valence-electron chi connectivity index (χ2n) is 3.96. The number of nitrogens with zero attached hydrogens (tertiary/aromatic N) is 1. The minimum atomic E-state index is -0.860. The molecule has 1 aromatic rings. The fourth-order valence-electron chi connectivity index (χ4n) is 0.992. The highest BCUT2D eigenvalue weighted by Crippen LogP contribution is 2.28. The average molecular weight is 265 g/mol. The zero-order chi connectivity index (χ0) is 12.3. The lowest BCUT2D eigenvalue weighted by Crippen LogP contribution is -2.29. The number of pyridine rings is 1. The van der Waals surface area contributed by atoms with E-state index < -0.39 is 5.60 Å². The Kier molecular flexibility index (Phi) is 4.21. The Morgan fingerprint density at radius 3 is 2.44 bits per heavy atom. The zero-order valence-electron chi connectivity index (χ0n) is 9.01. The number of halogens is 2. The van der Waals surface area contributed by atoms with E-state index in [9.17, 15) is 5.11 Å². The Morgan fingerprint density at radius 2 is 1.94 bits per heavy atom. The molecule has 0 bridgehead atoms. The lowest BCUT2D eigenvalue weighted by Gasteiger charge is -2.19. The summed E-state index contributed by atoms with van der Waals surface area (Å²) in [6.45, 7) is 3.66. The topological polar surface area (TPSA) is 83.2 Å². The van der Waals surface area contributed by atoms with Crippen LogP contribution >= 0.6 is 23.2 Å². The Balaban J connectivity index is 2.88. The van der Waals surface area contributed by atoms with Crippen molar-refractivity contribution in [2.75, 3.05) is 17.3 Å². The van der Waals surface area contributed by atoms with Crippen molar-refractivity contribution in [3.8, 4) is 0 Å². The first-order valence-corrected chi connectivity index (χ1v) is 5.38. The summed E-state index contributed by atoms with van der Waals surface area (Å²) in [5, 5.41) is 13.2. The molecule has 0 spiro atoms. The molecule has 0 saturated carbocycles. The van der Waals surface area contributed by atoms with Gasteiger partial charge in [-0.15, -0.1) is 0 Å². The van der Waals surface area contributed by atoms with E-state index in [0.717, 1.165) is 0 Å². The summed E-state index contributed by atoms with van der Waals surface area (Å²) < 4.78 is 0. The molecule has 5 N–H and O–H groups in total. The molecular weight excluding hydrogens is 251 g/mol. The van der Waals surface area contributed by atoms with Gasteiger partial charge < -0.3 is 15.8 Å². The van der Waals surface area contributed by atoms with Crippen molar-refractivity contribution in [3.63, 3.8) is 0 Å². The molecular formula is C9H14Cl2N4O. The molecule has 90 valence electrons. The summed E-state index contributed by atoms with van der Waals surface area (Å²) in [5.41, 5.74) is 1.50. The summed E-state index contributed by atoms with van der Waals surface area (Å²) in [4.78, 5) is 4.07. The van der Waals surface area contributed by atoms with Crippen LogP contribution in [-0.2, 0) is 0 Å².